The third-order valence-electron chi connectivity index (χ3n) is 4.46. The van der Waals surface area contributed by atoms with Crippen LogP contribution < -0.4 is 0 Å². The molecule has 0 bridgehead atoms. The first-order chi connectivity index (χ1) is 14.7. The minimum Gasteiger partial charge on any atom is -0.467 e. The number of aromatic amines is 1. The first-order valence-corrected chi connectivity index (χ1v) is 9.71. The highest BCUT2D eigenvalue weighted by Crippen LogP contribution is 2.34. The highest BCUT2D eigenvalue weighted by Gasteiger charge is 2.35. The zero-order valence-electron chi connectivity index (χ0n) is 15.3. The van der Waals surface area contributed by atoms with E-state index in [9.17, 15) is 9.59 Å². The van der Waals surface area contributed by atoms with Crippen LogP contribution in [0.25, 0.3) is 28.8 Å². The number of nitrogens with zero attached hydrogens (tertiary/aromatic N) is 4. The van der Waals surface area contributed by atoms with Gasteiger partial charge in [0.05, 0.1) is 17.7 Å². The van der Waals surface area contributed by atoms with Crippen molar-refractivity contribution in [2.45, 2.75) is 6.54 Å². The molecule has 1 saturated heterocycles. The van der Waals surface area contributed by atoms with Crippen LogP contribution in [0.5, 0.6) is 0 Å². The summed E-state index contributed by atoms with van der Waals surface area (Å²) in [7, 11) is 0. The highest BCUT2D eigenvalue weighted by molar-refractivity contribution is 8.18. The molecule has 4 aromatic rings. The number of aromatic nitrogens is 4. The molecule has 1 aromatic carbocycles. The van der Waals surface area contributed by atoms with E-state index in [0.29, 0.717) is 28.0 Å². The van der Waals surface area contributed by atoms with E-state index in [-0.39, 0.29) is 17.7 Å². The molecule has 148 valence electrons. The fourth-order valence-electron chi connectivity index (χ4n) is 2.98. The maximum Gasteiger partial charge on any atom is 0.293 e. The second kappa shape index (κ2) is 7.48. The normalized spacial score (nSPS) is 15.5. The molecular weight excluding hydrogens is 406 g/mol. The average molecular weight is 419 g/mol. The molecule has 0 spiro atoms. The van der Waals surface area contributed by atoms with Crippen LogP contribution in [0.3, 0.4) is 0 Å². The standard InChI is InChI=1S/C20H13N5O4S/c26-19-17(30-20(27)25(19)11-15-2-1-9-28-15)10-14-7-8-16(29-14)12-3-5-13(6-4-12)18-21-23-24-22-18/h1-10H,11H2,(H,21,22,23,24)/b17-10+. The van der Waals surface area contributed by atoms with Crippen LogP contribution in [0.2, 0.25) is 0 Å². The fraction of sp³-hybridized carbons (Fsp3) is 0.0500. The summed E-state index contributed by atoms with van der Waals surface area (Å²) in [6.07, 6.45) is 3.08. The molecule has 1 N–H and O–H groups in total. The molecule has 10 heteroatoms. The molecule has 0 saturated carbocycles. The van der Waals surface area contributed by atoms with E-state index in [1.165, 1.54) is 6.26 Å². The average Bonchev–Trinajstić information content (AvgIpc) is 3.56. The van der Waals surface area contributed by atoms with E-state index >= 15 is 0 Å². The third-order valence-corrected chi connectivity index (χ3v) is 5.36. The summed E-state index contributed by atoms with van der Waals surface area (Å²) in [6, 6.07) is 14.5. The molecule has 1 fully saturated rings. The first-order valence-electron chi connectivity index (χ1n) is 8.89. The topological polar surface area (TPSA) is 118 Å². The Balaban J connectivity index is 1.33. The third kappa shape index (κ3) is 3.44. The van der Waals surface area contributed by atoms with Gasteiger partial charge in [0.1, 0.15) is 17.3 Å². The summed E-state index contributed by atoms with van der Waals surface area (Å²) in [6.45, 7) is 0.103. The molecule has 9 nitrogen and oxygen atoms in total. The van der Waals surface area contributed by atoms with Gasteiger partial charge in [-0.05, 0) is 46.5 Å². The predicted octanol–water partition coefficient (Wildman–Crippen LogP) is 3.96. The lowest BCUT2D eigenvalue weighted by Crippen LogP contribution is -2.27. The van der Waals surface area contributed by atoms with Gasteiger partial charge in [0.25, 0.3) is 11.1 Å². The van der Waals surface area contributed by atoms with Crippen molar-refractivity contribution in [3.63, 3.8) is 0 Å². The number of nitrogens with one attached hydrogen (secondary N) is 1. The second-order valence-electron chi connectivity index (χ2n) is 6.38. The van der Waals surface area contributed by atoms with E-state index < -0.39 is 0 Å². The van der Waals surface area contributed by atoms with Crippen LogP contribution in [0.15, 0.2) is 68.5 Å². The highest BCUT2D eigenvalue weighted by atomic mass is 32.2. The van der Waals surface area contributed by atoms with Crippen molar-refractivity contribution in [1.82, 2.24) is 25.5 Å². The Morgan fingerprint density at radius 1 is 1.07 bits per heavy atom. The van der Waals surface area contributed by atoms with Gasteiger partial charge in [-0.2, -0.15) is 0 Å². The Morgan fingerprint density at radius 2 is 1.90 bits per heavy atom. The molecule has 0 radical (unpaired) electrons. The molecule has 5 rings (SSSR count). The molecule has 2 amide bonds. The van der Waals surface area contributed by atoms with Crippen LogP contribution in [0.4, 0.5) is 4.79 Å². The SMILES string of the molecule is O=C1S/C(=C/c2ccc(-c3ccc(-c4nnn[nH]4)cc3)o2)C(=O)N1Cc1ccco1. The number of imide groups is 1. The summed E-state index contributed by atoms with van der Waals surface area (Å²) in [5.74, 6) is 1.87. The number of H-pyrrole nitrogens is 1. The van der Waals surface area contributed by atoms with Crippen molar-refractivity contribution in [3.8, 4) is 22.7 Å². The lowest BCUT2D eigenvalue weighted by atomic mass is 10.1. The second-order valence-corrected chi connectivity index (χ2v) is 7.37. The largest absolute Gasteiger partial charge is 0.467 e. The van der Waals surface area contributed by atoms with Crippen molar-refractivity contribution < 1.29 is 18.4 Å². The van der Waals surface area contributed by atoms with Gasteiger partial charge in [-0.15, -0.1) is 5.10 Å². The number of rotatable bonds is 5. The predicted molar refractivity (Wildman–Crippen MR) is 108 cm³/mol. The summed E-state index contributed by atoms with van der Waals surface area (Å²) < 4.78 is 11.1. The number of tetrazole rings is 1. The first kappa shape index (κ1) is 18.1. The van der Waals surface area contributed by atoms with Gasteiger partial charge in [-0.3, -0.25) is 14.5 Å². The molecule has 0 aliphatic carbocycles. The Bertz CT molecular complexity index is 1230. The van der Waals surface area contributed by atoms with E-state index in [4.69, 9.17) is 8.83 Å². The molecule has 1 aliphatic heterocycles. The minimum absolute atomic E-state index is 0.103. The zero-order chi connectivity index (χ0) is 20.5. The lowest BCUT2D eigenvalue weighted by Gasteiger charge is -2.09. The molecule has 0 atom stereocenters. The fourth-order valence-corrected chi connectivity index (χ4v) is 3.80. The van der Waals surface area contributed by atoms with Crippen molar-refractivity contribution in [3.05, 3.63) is 71.2 Å². The van der Waals surface area contributed by atoms with Crippen molar-refractivity contribution >= 4 is 29.0 Å². The molecule has 30 heavy (non-hydrogen) atoms. The number of hydrogen-bond acceptors (Lipinski definition) is 8. The van der Waals surface area contributed by atoms with Gasteiger partial charge in [-0.25, -0.2) is 5.10 Å². The Morgan fingerprint density at radius 3 is 2.63 bits per heavy atom. The maximum absolute atomic E-state index is 12.6. The smallest absolute Gasteiger partial charge is 0.293 e. The summed E-state index contributed by atoms with van der Waals surface area (Å²) >= 11 is 0.879. The van der Waals surface area contributed by atoms with Gasteiger partial charge in [0.15, 0.2) is 5.82 Å². The number of carbonyl (C=O) groups excluding carboxylic acids is 2. The molecular formula is C20H13N5O4S. The van der Waals surface area contributed by atoms with Crippen LogP contribution in [0.1, 0.15) is 11.5 Å². The summed E-state index contributed by atoms with van der Waals surface area (Å²) in [5.41, 5.74) is 1.71. The van der Waals surface area contributed by atoms with Gasteiger partial charge >= 0.3 is 0 Å². The Labute approximate surface area is 173 Å². The summed E-state index contributed by atoms with van der Waals surface area (Å²) in [5, 5.41) is 13.4. The lowest BCUT2D eigenvalue weighted by molar-refractivity contribution is -0.123. The quantitative estimate of drug-likeness (QED) is 0.483. The van der Waals surface area contributed by atoms with Crippen LogP contribution in [-0.2, 0) is 11.3 Å². The molecule has 1 aliphatic rings. The van der Waals surface area contributed by atoms with Gasteiger partial charge < -0.3 is 8.83 Å². The van der Waals surface area contributed by atoms with Crippen molar-refractivity contribution in [1.29, 1.82) is 0 Å². The van der Waals surface area contributed by atoms with Gasteiger partial charge in [0.2, 0.25) is 0 Å². The Kier molecular flexibility index (Phi) is 4.52. The number of thioether (sulfide) groups is 1. The molecule has 4 heterocycles. The van der Waals surface area contributed by atoms with E-state index in [1.54, 1.807) is 24.3 Å². The number of carbonyl (C=O) groups is 2. The summed E-state index contributed by atoms with van der Waals surface area (Å²) in [4.78, 5) is 26.2. The van der Waals surface area contributed by atoms with Crippen LogP contribution in [0, 0.1) is 0 Å². The molecule has 0 unspecified atom stereocenters. The maximum atomic E-state index is 12.6. The van der Waals surface area contributed by atoms with Gasteiger partial charge in [-0.1, -0.05) is 24.3 Å². The number of furan rings is 2. The van der Waals surface area contributed by atoms with E-state index in [1.807, 2.05) is 30.3 Å². The molecule has 3 aromatic heterocycles. The minimum atomic E-state index is -0.371. The Hall–Kier alpha value is -3.92. The monoisotopic (exact) mass is 419 g/mol. The van der Waals surface area contributed by atoms with E-state index in [0.717, 1.165) is 27.8 Å². The van der Waals surface area contributed by atoms with Crippen molar-refractivity contribution in [2.75, 3.05) is 0 Å². The van der Waals surface area contributed by atoms with Crippen LogP contribution >= 0.6 is 11.8 Å². The number of hydrogen-bond donors (Lipinski definition) is 1. The zero-order valence-corrected chi connectivity index (χ0v) is 16.1. The van der Waals surface area contributed by atoms with E-state index in [2.05, 4.69) is 20.6 Å². The van der Waals surface area contributed by atoms with Crippen molar-refractivity contribution in [2.24, 2.45) is 0 Å². The van der Waals surface area contributed by atoms with Crippen LogP contribution in [-0.4, -0.2) is 36.7 Å². The number of benzene rings is 1. The van der Waals surface area contributed by atoms with Gasteiger partial charge in [0, 0.05) is 17.2 Å². The number of amides is 2.